The van der Waals surface area contributed by atoms with Crippen molar-refractivity contribution >= 4 is 0 Å². The summed E-state index contributed by atoms with van der Waals surface area (Å²) in [4.78, 5) is 10.7. The first kappa shape index (κ1) is 5.87. The predicted octanol–water partition coefficient (Wildman–Crippen LogP) is -1.40. The van der Waals surface area contributed by atoms with Crippen molar-refractivity contribution in [2.24, 2.45) is 7.05 Å². The van der Waals surface area contributed by atoms with E-state index in [9.17, 15) is 4.79 Å². The lowest BCUT2D eigenvalue weighted by Crippen LogP contribution is -2.28. The third kappa shape index (κ3) is 0.697. The predicted molar refractivity (Wildman–Crippen MR) is 32.4 cm³/mol. The first-order valence-electron chi connectivity index (χ1n) is 2.50. The van der Waals surface area contributed by atoms with Crippen molar-refractivity contribution in [2.75, 3.05) is 5.84 Å². The minimum absolute atomic E-state index is 0.299. The molecule has 0 amide bonds. The molecular weight excluding hydrogens is 120 g/mol. The molecular formula is C4H8N4O. The van der Waals surface area contributed by atoms with Crippen LogP contribution in [-0.4, -0.2) is 14.5 Å². The smallest absolute Gasteiger partial charge is 0.333 e. The van der Waals surface area contributed by atoms with Crippen LogP contribution in [0.15, 0.2) is 4.79 Å². The highest BCUT2D eigenvalue weighted by molar-refractivity contribution is 4.81. The summed E-state index contributed by atoms with van der Waals surface area (Å²) in [7, 11) is 1.55. The zero-order valence-electron chi connectivity index (χ0n) is 5.33. The molecule has 0 aliphatic heterocycles. The Morgan fingerprint density at radius 3 is 2.33 bits per heavy atom. The van der Waals surface area contributed by atoms with Crippen molar-refractivity contribution < 1.29 is 0 Å². The van der Waals surface area contributed by atoms with Gasteiger partial charge in [0.25, 0.3) is 0 Å². The summed E-state index contributed by atoms with van der Waals surface area (Å²) in [5.41, 5.74) is -0.299. The lowest BCUT2D eigenvalue weighted by molar-refractivity contribution is 0.720. The second-order valence-corrected chi connectivity index (χ2v) is 1.82. The SMILES string of the molecule is Cc1nn(C)c(=O)n1N. The van der Waals surface area contributed by atoms with E-state index in [2.05, 4.69) is 5.10 Å². The number of aryl methyl sites for hydroxylation is 2. The van der Waals surface area contributed by atoms with Crippen LogP contribution in [-0.2, 0) is 7.05 Å². The normalized spacial score (nSPS) is 10.0. The van der Waals surface area contributed by atoms with Gasteiger partial charge in [-0.15, -0.1) is 0 Å². The molecule has 0 bridgehead atoms. The lowest BCUT2D eigenvalue weighted by Gasteiger charge is -1.85. The molecule has 0 saturated heterocycles. The molecule has 9 heavy (non-hydrogen) atoms. The summed E-state index contributed by atoms with van der Waals surface area (Å²) in [5, 5.41) is 3.75. The number of rotatable bonds is 0. The second-order valence-electron chi connectivity index (χ2n) is 1.82. The van der Waals surface area contributed by atoms with E-state index in [1.165, 1.54) is 4.68 Å². The van der Waals surface area contributed by atoms with E-state index < -0.39 is 0 Å². The molecule has 1 heterocycles. The van der Waals surface area contributed by atoms with E-state index in [-0.39, 0.29) is 5.69 Å². The van der Waals surface area contributed by atoms with Gasteiger partial charge in [0.05, 0.1) is 0 Å². The quantitative estimate of drug-likeness (QED) is 0.437. The standard InChI is InChI=1S/C4H8N4O/c1-3-6-7(2)4(9)8(3)5/h5H2,1-2H3. The molecule has 1 aromatic rings. The zero-order chi connectivity index (χ0) is 7.02. The summed E-state index contributed by atoms with van der Waals surface area (Å²) in [6.07, 6.45) is 0. The van der Waals surface area contributed by atoms with Crippen molar-refractivity contribution in [1.29, 1.82) is 0 Å². The average molecular weight is 128 g/mol. The minimum Gasteiger partial charge on any atom is -0.333 e. The Bertz CT molecular complexity index is 271. The molecule has 0 unspecified atom stereocenters. The third-order valence-corrected chi connectivity index (χ3v) is 1.13. The summed E-state index contributed by atoms with van der Waals surface area (Å²) in [5.74, 6) is 5.74. The maximum atomic E-state index is 10.7. The highest BCUT2D eigenvalue weighted by atomic mass is 16.2. The van der Waals surface area contributed by atoms with E-state index >= 15 is 0 Å². The van der Waals surface area contributed by atoms with E-state index in [4.69, 9.17) is 5.84 Å². The molecule has 0 radical (unpaired) electrons. The van der Waals surface area contributed by atoms with Gasteiger partial charge in [0.15, 0.2) is 0 Å². The molecule has 0 aliphatic rings. The fourth-order valence-corrected chi connectivity index (χ4v) is 0.602. The van der Waals surface area contributed by atoms with Crippen LogP contribution in [0.2, 0.25) is 0 Å². The van der Waals surface area contributed by atoms with Crippen molar-refractivity contribution in [3.63, 3.8) is 0 Å². The Kier molecular flexibility index (Phi) is 1.05. The molecule has 0 saturated carbocycles. The maximum Gasteiger partial charge on any atom is 0.364 e. The molecule has 0 aliphatic carbocycles. The molecule has 1 rings (SSSR count). The van der Waals surface area contributed by atoms with Gasteiger partial charge in [-0.05, 0) is 6.92 Å². The first-order chi connectivity index (χ1) is 4.13. The van der Waals surface area contributed by atoms with E-state index in [1.807, 2.05) is 0 Å². The number of hydrogen-bond acceptors (Lipinski definition) is 3. The Morgan fingerprint density at radius 1 is 1.67 bits per heavy atom. The van der Waals surface area contributed by atoms with Gasteiger partial charge in [0.1, 0.15) is 5.82 Å². The van der Waals surface area contributed by atoms with Crippen molar-refractivity contribution in [2.45, 2.75) is 6.92 Å². The van der Waals surface area contributed by atoms with Gasteiger partial charge in [0.2, 0.25) is 0 Å². The summed E-state index contributed by atoms with van der Waals surface area (Å²) in [6.45, 7) is 1.67. The van der Waals surface area contributed by atoms with E-state index in [0.29, 0.717) is 5.82 Å². The molecule has 2 N–H and O–H groups in total. The Balaban J connectivity index is 3.48. The Hall–Kier alpha value is -1.26. The number of nitrogen functional groups attached to an aromatic ring is 1. The maximum absolute atomic E-state index is 10.7. The lowest BCUT2D eigenvalue weighted by atomic mass is 10.7. The van der Waals surface area contributed by atoms with Gasteiger partial charge in [-0.3, -0.25) is 0 Å². The van der Waals surface area contributed by atoms with Gasteiger partial charge in [-0.2, -0.15) is 9.77 Å². The van der Waals surface area contributed by atoms with Gasteiger partial charge in [0, 0.05) is 7.05 Å². The fourth-order valence-electron chi connectivity index (χ4n) is 0.602. The number of nitrogens with two attached hydrogens (primary N) is 1. The minimum atomic E-state index is -0.299. The van der Waals surface area contributed by atoms with Gasteiger partial charge in [-0.1, -0.05) is 0 Å². The number of hydrogen-bond donors (Lipinski definition) is 1. The van der Waals surface area contributed by atoms with E-state index in [0.717, 1.165) is 4.68 Å². The Morgan fingerprint density at radius 2 is 2.22 bits per heavy atom. The van der Waals surface area contributed by atoms with Gasteiger partial charge < -0.3 is 5.84 Å². The van der Waals surface area contributed by atoms with Crippen LogP contribution in [0.5, 0.6) is 0 Å². The van der Waals surface area contributed by atoms with Crippen LogP contribution in [0.1, 0.15) is 5.82 Å². The van der Waals surface area contributed by atoms with Crippen LogP contribution < -0.4 is 11.5 Å². The third-order valence-electron chi connectivity index (χ3n) is 1.13. The van der Waals surface area contributed by atoms with Crippen molar-refractivity contribution in [3.8, 4) is 0 Å². The fraction of sp³-hybridized carbons (Fsp3) is 0.500. The molecule has 50 valence electrons. The average Bonchev–Trinajstić information content (AvgIpc) is 1.98. The second kappa shape index (κ2) is 1.61. The molecule has 0 atom stereocenters. The monoisotopic (exact) mass is 128 g/mol. The highest BCUT2D eigenvalue weighted by Crippen LogP contribution is 1.77. The van der Waals surface area contributed by atoms with Crippen LogP contribution in [0.3, 0.4) is 0 Å². The number of nitrogens with zero attached hydrogens (tertiary/aromatic N) is 3. The molecule has 0 spiro atoms. The molecule has 0 fully saturated rings. The first-order valence-corrected chi connectivity index (χ1v) is 2.50. The van der Waals surface area contributed by atoms with Crippen molar-refractivity contribution in [3.05, 3.63) is 16.3 Å². The van der Waals surface area contributed by atoms with Crippen LogP contribution in [0.25, 0.3) is 0 Å². The molecule has 1 aromatic heterocycles. The van der Waals surface area contributed by atoms with Crippen LogP contribution >= 0.6 is 0 Å². The summed E-state index contributed by atoms with van der Waals surface area (Å²) in [6, 6.07) is 0. The van der Waals surface area contributed by atoms with E-state index in [1.54, 1.807) is 14.0 Å². The summed E-state index contributed by atoms with van der Waals surface area (Å²) < 4.78 is 2.19. The topological polar surface area (TPSA) is 65.8 Å². The van der Waals surface area contributed by atoms with Crippen molar-refractivity contribution in [1.82, 2.24) is 14.5 Å². The summed E-state index contributed by atoms with van der Waals surface area (Å²) >= 11 is 0. The molecule has 0 aromatic carbocycles. The van der Waals surface area contributed by atoms with Crippen LogP contribution in [0, 0.1) is 6.92 Å². The van der Waals surface area contributed by atoms with Gasteiger partial charge in [-0.25, -0.2) is 9.48 Å². The zero-order valence-corrected chi connectivity index (χ0v) is 5.33. The largest absolute Gasteiger partial charge is 0.364 e. The Labute approximate surface area is 51.7 Å². The number of aromatic nitrogens is 3. The van der Waals surface area contributed by atoms with Crippen LogP contribution in [0.4, 0.5) is 0 Å². The van der Waals surface area contributed by atoms with Gasteiger partial charge >= 0.3 is 5.69 Å². The highest BCUT2D eigenvalue weighted by Gasteiger charge is 2.00. The molecule has 5 heteroatoms. The molecule has 5 nitrogen and oxygen atoms in total.